The molecule has 9 nitrogen and oxygen atoms in total. The minimum atomic E-state index is -0.777. The van der Waals surface area contributed by atoms with Gasteiger partial charge in [0.1, 0.15) is 30.0 Å². The van der Waals surface area contributed by atoms with E-state index in [0.717, 1.165) is 57.6 Å². The Morgan fingerprint density at radius 3 is 2.23 bits per heavy atom. The molecule has 4 aromatic rings. The molecule has 0 amide bonds. The summed E-state index contributed by atoms with van der Waals surface area (Å²) in [5, 5.41) is 1.91. The number of aryl methyl sites for hydroxylation is 2. The second kappa shape index (κ2) is 17.9. The average Bonchev–Trinajstić information content (AvgIpc) is 3.10. The Bertz CT molecular complexity index is 1680. The van der Waals surface area contributed by atoms with Crippen LogP contribution in [-0.2, 0) is 36.7 Å². The topological polar surface area (TPSA) is 101 Å². The highest BCUT2D eigenvalue weighted by atomic mass is 16.6. The van der Waals surface area contributed by atoms with Crippen molar-refractivity contribution in [2.24, 2.45) is 0 Å². The maximum atomic E-state index is 12.8. The molecule has 0 radical (unpaired) electrons. The number of ether oxygens (including phenoxy) is 5. The summed E-state index contributed by atoms with van der Waals surface area (Å²) in [6.07, 6.45) is 1.10. The molecule has 2 atom stereocenters. The number of rotatable bonds is 17. The summed E-state index contributed by atoms with van der Waals surface area (Å²) >= 11 is 0. The van der Waals surface area contributed by atoms with Crippen molar-refractivity contribution in [1.29, 1.82) is 0 Å². The molecular formula is C39H45NO8. The van der Waals surface area contributed by atoms with Crippen LogP contribution in [0, 0.1) is 0 Å². The summed E-state index contributed by atoms with van der Waals surface area (Å²) < 4.78 is 27.6. The molecule has 0 aromatic heterocycles. The van der Waals surface area contributed by atoms with Gasteiger partial charge < -0.3 is 28.6 Å². The normalized spacial score (nSPS) is 12.3. The first-order valence-electron chi connectivity index (χ1n) is 16.1. The summed E-state index contributed by atoms with van der Waals surface area (Å²) in [5.41, 5.74) is 2.92. The average molecular weight is 656 g/mol. The number of benzene rings is 4. The predicted molar refractivity (Wildman–Crippen MR) is 185 cm³/mol. The molecule has 4 rings (SSSR count). The van der Waals surface area contributed by atoms with Gasteiger partial charge in [-0.1, -0.05) is 54.6 Å². The second-order valence-corrected chi connectivity index (χ2v) is 12.0. The van der Waals surface area contributed by atoms with Crippen molar-refractivity contribution in [3.63, 3.8) is 0 Å². The van der Waals surface area contributed by atoms with Gasteiger partial charge in [0.05, 0.1) is 33.0 Å². The molecular weight excluding hydrogens is 610 g/mol. The molecule has 4 aromatic carbocycles. The van der Waals surface area contributed by atoms with Crippen LogP contribution in [0.25, 0.3) is 10.8 Å². The molecule has 9 heteroatoms. The number of nitrogens with zero attached hydrogens (tertiary/aromatic N) is 1. The number of hydrogen-bond acceptors (Lipinski definition) is 9. The number of hydrogen-bond donors (Lipinski definition) is 0. The summed E-state index contributed by atoms with van der Waals surface area (Å²) in [6, 6.07) is 27.1. The molecule has 0 bridgehead atoms. The number of carbonyl (C=O) groups is 3. The van der Waals surface area contributed by atoms with Crippen LogP contribution in [0.15, 0.2) is 84.9 Å². The molecule has 0 saturated carbocycles. The van der Waals surface area contributed by atoms with Gasteiger partial charge in [0.25, 0.3) is 0 Å². The van der Waals surface area contributed by atoms with Crippen LogP contribution in [0.1, 0.15) is 48.8 Å². The van der Waals surface area contributed by atoms with Gasteiger partial charge in [-0.25, -0.2) is 0 Å². The first-order valence-corrected chi connectivity index (χ1v) is 16.1. The Labute approximate surface area is 282 Å². The molecule has 0 heterocycles. The second-order valence-electron chi connectivity index (χ2n) is 12.0. The van der Waals surface area contributed by atoms with Crippen LogP contribution in [0.2, 0.25) is 0 Å². The van der Waals surface area contributed by atoms with Gasteiger partial charge >= 0.3 is 17.9 Å². The molecule has 0 spiro atoms. The Morgan fingerprint density at radius 1 is 0.750 bits per heavy atom. The number of fused-ring (bicyclic) bond motifs is 1. The van der Waals surface area contributed by atoms with Crippen LogP contribution in [-0.4, -0.2) is 70.4 Å². The zero-order valence-corrected chi connectivity index (χ0v) is 28.4. The lowest BCUT2D eigenvalue weighted by Crippen LogP contribution is -2.29. The van der Waals surface area contributed by atoms with E-state index in [1.54, 1.807) is 21.1 Å². The summed E-state index contributed by atoms with van der Waals surface area (Å²) in [6.45, 7) is 2.52. The summed E-state index contributed by atoms with van der Waals surface area (Å²) in [4.78, 5) is 40.1. The van der Waals surface area contributed by atoms with Crippen molar-refractivity contribution in [2.45, 2.75) is 51.0 Å². The highest BCUT2D eigenvalue weighted by Crippen LogP contribution is 2.26. The van der Waals surface area contributed by atoms with Gasteiger partial charge in [0.15, 0.2) is 0 Å². The van der Waals surface area contributed by atoms with E-state index >= 15 is 0 Å². The van der Waals surface area contributed by atoms with E-state index in [4.69, 9.17) is 23.7 Å². The lowest BCUT2D eigenvalue weighted by atomic mass is 9.98. The molecule has 0 fully saturated rings. The number of esters is 3. The van der Waals surface area contributed by atoms with Gasteiger partial charge in [0, 0.05) is 13.0 Å². The highest BCUT2D eigenvalue weighted by Gasteiger charge is 2.23. The van der Waals surface area contributed by atoms with Crippen molar-refractivity contribution in [3.05, 3.63) is 102 Å². The molecule has 0 aliphatic heterocycles. The Balaban J connectivity index is 1.28. The minimum absolute atomic E-state index is 0.161. The minimum Gasteiger partial charge on any atom is -0.497 e. The predicted octanol–water partition coefficient (Wildman–Crippen LogP) is 6.54. The van der Waals surface area contributed by atoms with Crippen LogP contribution >= 0.6 is 0 Å². The van der Waals surface area contributed by atoms with Crippen molar-refractivity contribution in [2.75, 3.05) is 41.5 Å². The lowest BCUT2D eigenvalue weighted by molar-refractivity contribution is -0.163. The van der Waals surface area contributed by atoms with Crippen LogP contribution < -0.4 is 14.2 Å². The summed E-state index contributed by atoms with van der Waals surface area (Å²) in [5.74, 6) is -0.392. The zero-order chi connectivity index (χ0) is 34.5. The van der Waals surface area contributed by atoms with Gasteiger partial charge in [0.2, 0.25) is 0 Å². The Kier molecular flexibility index (Phi) is 13.4. The Hall–Kier alpha value is -4.89. The first-order chi connectivity index (χ1) is 23.1. The molecule has 254 valence electrons. The van der Waals surface area contributed by atoms with E-state index in [1.165, 1.54) is 0 Å². The van der Waals surface area contributed by atoms with Gasteiger partial charge in [-0.05, 0) is 91.7 Å². The summed E-state index contributed by atoms with van der Waals surface area (Å²) in [7, 11) is 7.14. The van der Waals surface area contributed by atoms with E-state index in [-0.39, 0.29) is 19.4 Å². The SMILES string of the molecule is COc1cccc(CCc2ccccc2OCC(CCN(C)C)OC(=O)CCC(=O)OC(=O)C(C)c2ccc3cc(OC)ccc3c2)c1. The lowest BCUT2D eigenvalue weighted by Gasteiger charge is -2.21. The maximum absolute atomic E-state index is 12.8. The van der Waals surface area contributed by atoms with E-state index in [0.29, 0.717) is 13.0 Å². The third kappa shape index (κ3) is 10.8. The zero-order valence-electron chi connectivity index (χ0n) is 28.4. The van der Waals surface area contributed by atoms with E-state index in [2.05, 4.69) is 6.07 Å². The maximum Gasteiger partial charge on any atom is 0.320 e. The van der Waals surface area contributed by atoms with Crippen molar-refractivity contribution in [1.82, 2.24) is 4.90 Å². The highest BCUT2D eigenvalue weighted by molar-refractivity contribution is 5.92. The van der Waals surface area contributed by atoms with E-state index in [1.807, 2.05) is 97.9 Å². The standard InChI is InChI=1S/C39H45NO8/c1-27(30-15-16-32-25-34(45-5)18-17-31(32)24-30)39(43)48-38(42)20-19-37(41)47-35(21-22-40(2)3)26-46-36-12-7-6-10-29(36)14-13-28-9-8-11-33(23-28)44-4/h6-12,15-18,23-25,27,35H,13-14,19-22,26H2,1-5H3. The first kappa shape index (κ1) is 36.0. The van der Waals surface area contributed by atoms with Gasteiger partial charge in [-0.3, -0.25) is 14.4 Å². The Morgan fingerprint density at radius 2 is 1.46 bits per heavy atom. The number of para-hydroxylation sites is 1. The molecule has 0 aliphatic rings. The van der Waals surface area contributed by atoms with Crippen LogP contribution in [0.4, 0.5) is 0 Å². The molecule has 2 unspecified atom stereocenters. The van der Waals surface area contributed by atoms with Crippen LogP contribution in [0.5, 0.6) is 17.2 Å². The quantitative estimate of drug-likeness (QED) is 0.0928. The van der Waals surface area contributed by atoms with E-state index in [9.17, 15) is 14.4 Å². The van der Waals surface area contributed by atoms with Crippen molar-refractivity contribution in [3.8, 4) is 17.2 Å². The van der Waals surface area contributed by atoms with Crippen molar-refractivity contribution < 1.29 is 38.1 Å². The van der Waals surface area contributed by atoms with E-state index < -0.39 is 29.9 Å². The molecule has 0 N–H and O–H groups in total. The molecule has 0 saturated heterocycles. The monoisotopic (exact) mass is 655 g/mol. The largest absolute Gasteiger partial charge is 0.497 e. The van der Waals surface area contributed by atoms with Gasteiger partial charge in [-0.15, -0.1) is 0 Å². The number of methoxy groups -OCH3 is 2. The van der Waals surface area contributed by atoms with Gasteiger partial charge in [-0.2, -0.15) is 0 Å². The third-order valence-electron chi connectivity index (χ3n) is 8.08. The number of carbonyl (C=O) groups excluding carboxylic acids is 3. The smallest absolute Gasteiger partial charge is 0.320 e. The molecule has 0 aliphatic carbocycles. The van der Waals surface area contributed by atoms with Crippen molar-refractivity contribution >= 4 is 28.7 Å². The molecule has 48 heavy (non-hydrogen) atoms. The van der Waals surface area contributed by atoms with Crippen LogP contribution in [0.3, 0.4) is 0 Å². The fourth-order valence-electron chi connectivity index (χ4n) is 5.19. The fraction of sp³-hybridized carbons (Fsp3) is 0.359. The fourth-order valence-corrected chi connectivity index (χ4v) is 5.19. The third-order valence-corrected chi connectivity index (χ3v) is 8.08.